The quantitative estimate of drug-likeness (QED) is 0.701. The van der Waals surface area contributed by atoms with Gasteiger partial charge in [-0.3, -0.25) is 0 Å². The molecule has 2 aromatic rings. The van der Waals surface area contributed by atoms with Gasteiger partial charge < -0.3 is 0 Å². The number of aryl methyl sites for hydroxylation is 1. The highest BCUT2D eigenvalue weighted by Crippen LogP contribution is 2.22. The molecule has 0 saturated carbocycles. The van der Waals surface area contributed by atoms with E-state index in [2.05, 4.69) is 16.0 Å². The van der Waals surface area contributed by atoms with Gasteiger partial charge in [-0.15, -0.1) is 0 Å². The van der Waals surface area contributed by atoms with Crippen LogP contribution in [0.15, 0.2) is 36.8 Å². The number of nitriles is 1. The van der Waals surface area contributed by atoms with Crippen LogP contribution in [0.4, 0.5) is 0 Å². The molecule has 0 atom stereocenters. The summed E-state index contributed by atoms with van der Waals surface area (Å²) >= 11 is 0. The molecule has 1 aromatic heterocycles. The second-order valence-electron chi connectivity index (χ2n) is 3.20. The van der Waals surface area contributed by atoms with Crippen molar-refractivity contribution >= 4 is 0 Å². The first-order chi connectivity index (χ1) is 7.33. The van der Waals surface area contributed by atoms with Crippen LogP contribution in [0.2, 0.25) is 0 Å². The lowest BCUT2D eigenvalue weighted by molar-refractivity contribution is 1.17. The number of nitrogens with zero attached hydrogens (tertiary/aromatic N) is 3. The highest BCUT2D eigenvalue weighted by molar-refractivity contribution is 5.68. The van der Waals surface area contributed by atoms with Gasteiger partial charge in [-0.2, -0.15) is 5.26 Å². The Balaban J connectivity index is 2.65. The smallest absolute Gasteiger partial charge is 0.116 e. The number of rotatable bonds is 1. The molecule has 72 valence electrons. The van der Waals surface area contributed by atoms with Crippen molar-refractivity contribution in [1.82, 2.24) is 9.97 Å². The van der Waals surface area contributed by atoms with Crippen LogP contribution >= 0.6 is 0 Å². The van der Waals surface area contributed by atoms with Gasteiger partial charge in [0.25, 0.3) is 0 Å². The average molecular weight is 195 g/mol. The molecule has 1 aromatic carbocycles. The first-order valence-electron chi connectivity index (χ1n) is 4.59. The molecule has 0 saturated heterocycles. The molecule has 2 rings (SSSR count). The molecule has 0 radical (unpaired) electrons. The predicted molar refractivity (Wildman–Crippen MR) is 56.9 cm³/mol. The van der Waals surface area contributed by atoms with Crippen LogP contribution < -0.4 is 0 Å². The fourth-order valence-corrected chi connectivity index (χ4v) is 1.48. The maximum Gasteiger partial charge on any atom is 0.116 e. The molecule has 15 heavy (non-hydrogen) atoms. The van der Waals surface area contributed by atoms with Gasteiger partial charge in [-0.25, -0.2) is 9.97 Å². The molecule has 3 heteroatoms. The summed E-state index contributed by atoms with van der Waals surface area (Å²) in [5, 5.41) is 9.07. The van der Waals surface area contributed by atoms with Crippen molar-refractivity contribution in [1.29, 1.82) is 5.26 Å². The van der Waals surface area contributed by atoms with Crippen LogP contribution in [0.1, 0.15) is 11.1 Å². The van der Waals surface area contributed by atoms with Gasteiger partial charge in [0.1, 0.15) is 12.4 Å². The fraction of sp³-hybridized carbons (Fsp3) is 0.0833. The summed E-state index contributed by atoms with van der Waals surface area (Å²) in [6.45, 7) is 1.92. The van der Waals surface area contributed by atoms with Crippen molar-refractivity contribution in [2.75, 3.05) is 0 Å². The van der Waals surface area contributed by atoms with Gasteiger partial charge in [0.05, 0.1) is 11.3 Å². The normalized spacial score (nSPS) is 9.60. The van der Waals surface area contributed by atoms with Crippen LogP contribution in [0.5, 0.6) is 0 Å². The van der Waals surface area contributed by atoms with Gasteiger partial charge in [0.15, 0.2) is 0 Å². The molecule has 0 spiro atoms. The predicted octanol–water partition coefficient (Wildman–Crippen LogP) is 2.32. The van der Waals surface area contributed by atoms with Crippen molar-refractivity contribution < 1.29 is 0 Å². The zero-order chi connectivity index (χ0) is 10.7. The Morgan fingerprint density at radius 3 is 2.80 bits per heavy atom. The van der Waals surface area contributed by atoms with Gasteiger partial charge in [-0.05, 0) is 18.6 Å². The minimum Gasteiger partial charge on any atom is -0.245 e. The molecule has 0 aliphatic heterocycles. The summed E-state index contributed by atoms with van der Waals surface area (Å²) in [4.78, 5) is 7.99. The number of benzene rings is 1. The highest BCUT2D eigenvalue weighted by Gasteiger charge is 2.07. The molecule has 0 fully saturated rings. The average Bonchev–Trinajstić information content (AvgIpc) is 2.30. The Morgan fingerprint density at radius 2 is 2.13 bits per heavy atom. The maximum atomic E-state index is 9.07. The Labute approximate surface area is 88.1 Å². The molecule has 0 N–H and O–H groups in total. The third-order valence-corrected chi connectivity index (χ3v) is 2.24. The van der Waals surface area contributed by atoms with Gasteiger partial charge in [0.2, 0.25) is 0 Å². The first-order valence-corrected chi connectivity index (χ1v) is 4.59. The largest absolute Gasteiger partial charge is 0.245 e. The summed E-state index contributed by atoms with van der Waals surface area (Å²) in [6, 6.07) is 9.74. The molecule has 0 bridgehead atoms. The topological polar surface area (TPSA) is 49.6 Å². The molecule has 0 unspecified atom stereocenters. The van der Waals surface area contributed by atoms with Crippen molar-refractivity contribution in [3.05, 3.63) is 47.9 Å². The van der Waals surface area contributed by atoms with Crippen molar-refractivity contribution in [2.24, 2.45) is 0 Å². The second-order valence-corrected chi connectivity index (χ2v) is 3.20. The fourth-order valence-electron chi connectivity index (χ4n) is 1.48. The summed E-state index contributed by atoms with van der Waals surface area (Å²) in [5.41, 5.74) is 3.29. The van der Waals surface area contributed by atoms with Crippen molar-refractivity contribution in [3.63, 3.8) is 0 Å². The van der Waals surface area contributed by atoms with E-state index in [1.807, 2.05) is 25.1 Å². The number of hydrogen-bond acceptors (Lipinski definition) is 3. The Bertz CT molecular complexity index is 512. The van der Waals surface area contributed by atoms with Crippen LogP contribution in [0.25, 0.3) is 11.3 Å². The molecular formula is C12H9N3. The highest BCUT2D eigenvalue weighted by atomic mass is 14.8. The minimum atomic E-state index is 0.677. The second kappa shape index (κ2) is 3.89. The van der Waals surface area contributed by atoms with Crippen LogP contribution in [0, 0.1) is 18.3 Å². The van der Waals surface area contributed by atoms with E-state index in [4.69, 9.17) is 5.26 Å². The van der Waals surface area contributed by atoms with E-state index >= 15 is 0 Å². The van der Waals surface area contributed by atoms with Gasteiger partial charge in [-0.1, -0.05) is 18.2 Å². The standard InChI is InChI=1S/C12H9N3/c1-9-3-2-4-10(11(9)7-13)12-5-6-14-8-15-12/h2-6,8H,1H3. The van der Waals surface area contributed by atoms with Gasteiger partial charge in [0, 0.05) is 11.8 Å². The SMILES string of the molecule is Cc1cccc(-c2ccncn2)c1C#N. The summed E-state index contributed by atoms with van der Waals surface area (Å²) in [6.07, 6.45) is 3.16. The Kier molecular flexibility index (Phi) is 2.42. The third-order valence-electron chi connectivity index (χ3n) is 2.24. The molecular weight excluding hydrogens is 186 g/mol. The van der Waals surface area contributed by atoms with Crippen molar-refractivity contribution in [2.45, 2.75) is 6.92 Å². The van der Waals surface area contributed by atoms with E-state index in [1.54, 1.807) is 12.3 Å². The van der Waals surface area contributed by atoms with E-state index < -0.39 is 0 Å². The Hall–Kier alpha value is -2.21. The lowest BCUT2D eigenvalue weighted by Gasteiger charge is -2.04. The van der Waals surface area contributed by atoms with Gasteiger partial charge >= 0.3 is 0 Å². The summed E-state index contributed by atoms with van der Waals surface area (Å²) in [7, 11) is 0. The molecule has 3 nitrogen and oxygen atoms in total. The van der Waals surface area contributed by atoms with Crippen LogP contribution in [-0.2, 0) is 0 Å². The molecule has 0 amide bonds. The molecule has 0 aliphatic rings. The van der Waals surface area contributed by atoms with E-state index in [9.17, 15) is 0 Å². The van der Waals surface area contributed by atoms with Crippen molar-refractivity contribution in [3.8, 4) is 17.3 Å². The first kappa shape index (κ1) is 9.35. The van der Waals surface area contributed by atoms with Crippen LogP contribution in [0.3, 0.4) is 0 Å². The zero-order valence-electron chi connectivity index (χ0n) is 8.31. The minimum absolute atomic E-state index is 0.677. The Morgan fingerprint density at radius 1 is 1.27 bits per heavy atom. The summed E-state index contributed by atoms with van der Waals surface area (Å²) in [5.74, 6) is 0. The zero-order valence-corrected chi connectivity index (χ0v) is 8.31. The maximum absolute atomic E-state index is 9.07. The van der Waals surface area contributed by atoms with E-state index in [-0.39, 0.29) is 0 Å². The number of hydrogen-bond donors (Lipinski definition) is 0. The van der Waals surface area contributed by atoms with E-state index in [0.29, 0.717) is 5.56 Å². The third kappa shape index (κ3) is 1.70. The molecule has 0 aliphatic carbocycles. The molecule has 1 heterocycles. The number of aromatic nitrogens is 2. The van der Waals surface area contributed by atoms with E-state index in [0.717, 1.165) is 16.8 Å². The lowest BCUT2D eigenvalue weighted by atomic mass is 10.0. The lowest BCUT2D eigenvalue weighted by Crippen LogP contribution is -1.90. The van der Waals surface area contributed by atoms with E-state index in [1.165, 1.54) is 6.33 Å². The van der Waals surface area contributed by atoms with Crippen LogP contribution in [-0.4, -0.2) is 9.97 Å². The monoisotopic (exact) mass is 195 g/mol. The summed E-state index contributed by atoms with van der Waals surface area (Å²) < 4.78 is 0.